The molecule has 0 aliphatic carbocycles. The average Bonchev–Trinajstić information content (AvgIpc) is 2.49. The summed E-state index contributed by atoms with van der Waals surface area (Å²) in [5.74, 6) is 0.0295. The molecule has 0 amide bonds. The third-order valence-corrected chi connectivity index (χ3v) is 4.07. The van der Waals surface area contributed by atoms with Crippen LogP contribution in [0.2, 0.25) is 0 Å². The fourth-order valence-corrected chi connectivity index (χ4v) is 2.61. The predicted octanol–water partition coefficient (Wildman–Crippen LogP) is 3.73. The van der Waals surface area contributed by atoms with Crippen molar-refractivity contribution in [1.82, 2.24) is 4.98 Å². The lowest BCUT2D eigenvalue weighted by molar-refractivity contribution is 0.0593. The van der Waals surface area contributed by atoms with Gasteiger partial charge in [0.25, 0.3) is 0 Å². The molecule has 0 aliphatic rings. The molecule has 2 N–H and O–H groups in total. The molecule has 110 valence electrons. The number of aromatic nitrogens is 1. The van der Waals surface area contributed by atoms with E-state index in [0.717, 1.165) is 4.90 Å². The summed E-state index contributed by atoms with van der Waals surface area (Å²) in [6.07, 6.45) is 0. The summed E-state index contributed by atoms with van der Waals surface area (Å²) >= 11 is 1.43. The quantitative estimate of drug-likeness (QED) is 0.872. The maximum atomic E-state index is 11.5. The molecular weight excluding hydrogens is 284 g/mol. The Balaban J connectivity index is 2.24. The smallest absolute Gasteiger partial charge is 0.356 e. The zero-order valence-corrected chi connectivity index (χ0v) is 13.1. The van der Waals surface area contributed by atoms with E-state index in [1.807, 2.05) is 12.1 Å². The Labute approximate surface area is 128 Å². The number of nitrogens with two attached hydrogens (primary N) is 1. The summed E-state index contributed by atoms with van der Waals surface area (Å²) in [6, 6.07) is 11.5. The van der Waals surface area contributed by atoms with Crippen LogP contribution < -0.4 is 5.73 Å². The fourth-order valence-electron chi connectivity index (χ4n) is 1.78. The van der Waals surface area contributed by atoms with E-state index < -0.39 is 5.97 Å². The number of carbonyl (C=O) groups excluding carboxylic acids is 1. The number of ether oxygens (including phenoxy) is 1. The van der Waals surface area contributed by atoms with Gasteiger partial charge in [0.15, 0.2) is 0 Å². The minimum absolute atomic E-state index is 0.257. The van der Waals surface area contributed by atoms with Gasteiger partial charge in [-0.2, -0.15) is 0 Å². The lowest BCUT2D eigenvalue weighted by atomic mass is 10.0. The van der Waals surface area contributed by atoms with Crippen molar-refractivity contribution >= 4 is 23.4 Å². The van der Waals surface area contributed by atoms with E-state index in [1.54, 1.807) is 12.1 Å². The standard InChI is InChI=1S/C16H18N2O2S/c1-10(2)11-4-6-12(7-5-11)21-15-13(17)8-9-14(18-15)16(19)20-3/h4-10H,17H2,1-3H3. The first-order valence-electron chi connectivity index (χ1n) is 6.64. The van der Waals surface area contributed by atoms with Gasteiger partial charge >= 0.3 is 5.97 Å². The molecular formula is C16H18N2O2S. The molecule has 0 radical (unpaired) electrons. The van der Waals surface area contributed by atoms with E-state index in [1.165, 1.54) is 24.4 Å². The van der Waals surface area contributed by atoms with Crippen molar-refractivity contribution in [2.45, 2.75) is 29.7 Å². The minimum atomic E-state index is -0.466. The van der Waals surface area contributed by atoms with Gasteiger partial charge in [0, 0.05) is 4.90 Å². The number of esters is 1. The number of hydrogen-bond acceptors (Lipinski definition) is 5. The number of carbonyl (C=O) groups is 1. The van der Waals surface area contributed by atoms with Gasteiger partial charge in [0.1, 0.15) is 10.7 Å². The molecule has 2 aromatic rings. The number of hydrogen-bond donors (Lipinski definition) is 1. The van der Waals surface area contributed by atoms with Crippen LogP contribution >= 0.6 is 11.8 Å². The van der Waals surface area contributed by atoms with Crippen LogP contribution in [-0.2, 0) is 4.74 Å². The summed E-state index contributed by atoms with van der Waals surface area (Å²) < 4.78 is 4.67. The van der Waals surface area contributed by atoms with E-state index >= 15 is 0 Å². The normalized spacial score (nSPS) is 10.7. The Morgan fingerprint density at radius 3 is 2.43 bits per heavy atom. The van der Waals surface area contributed by atoms with Crippen LogP contribution in [0.1, 0.15) is 35.8 Å². The molecule has 0 saturated carbocycles. The van der Waals surface area contributed by atoms with E-state index in [4.69, 9.17) is 5.73 Å². The SMILES string of the molecule is COC(=O)c1ccc(N)c(Sc2ccc(C(C)C)cc2)n1. The molecule has 0 saturated heterocycles. The van der Waals surface area contributed by atoms with Crippen LogP contribution in [0.4, 0.5) is 5.69 Å². The number of benzene rings is 1. The highest BCUT2D eigenvalue weighted by atomic mass is 32.2. The zero-order valence-electron chi connectivity index (χ0n) is 12.3. The summed E-state index contributed by atoms with van der Waals surface area (Å²) in [4.78, 5) is 16.8. The minimum Gasteiger partial charge on any atom is -0.464 e. The fraction of sp³-hybridized carbons (Fsp3) is 0.250. The summed E-state index contributed by atoms with van der Waals surface area (Å²) in [7, 11) is 1.33. The Morgan fingerprint density at radius 2 is 1.86 bits per heavy atom. The Bertz CT molecular complexity index is 639. The van der Waals surface area contributed by atoms with Crippen molar-refractivity contribution in [2.24, 2.45) is 0 Å². The van der Waals surface area contributed by atoms with Gasteiger partial charge < -0.3 is 10.5 Å². The highest BCUT2D eigenvalue weighted by Crippen LogP contribution is 2.31. The number of anilines is 1. The van der Waals surface area contributed by atoms with Crippen molar-refractivity contribution < 1.29 is 9.53 Å². The van der Waals surface area contributed by atoms with E-state index in [2.05, 4.69) is 35.7 Å². The number of rotatable bonds is 4. The van der Waals surface area contributed by atoms with Crippen LogP contribution in [0, 0.1) is 0 Å². The Kier molecular flexibility index (Phi) is 4.85. The second-order valence-corrected chi connectivity index (χ2v) is 5.97. The van der Waals surface area contributed by atoms with Crippen LogP contribution in [-0.4, -0.2) is 18.1 Å². The molecule has 21 heavy (non-hydrogen) atoms. The predicted molar refractivity (Wildman–Crippen MR) is 84.6 cm³/mol. The second kappa shape index (κ2) is 6.63. The molecule has 0 aliphatic heterocycles. The third kappa shape index (κ3) is 3.76. The number of pyridine rings is 1. The highest BCUT2D eigenvalue weighted by molar-refractivity contribution is 7.99. The van der Waals surface area contributed by atoms with Crippen molar-refractivity contribution in [3.63, 3.8) is 0 Å². The number of nitrogens with zero attached hydrogens (tertiary/aromatic N) is 1. The van der Waals surface area contributed by atoms with Gasteiger partial charge in [-0.1, -0.05) is 37.7 Å². The highest BCUT2D eigenvalue weighted by Gasteiger charge is 2.11. The molecule has 2 rings (SSSR count). The zero-order chi connectivity index (χ0) is 15.4. The monoisotopic (exact) mass is 302 g/mol. The molecule has 0 unspecified atom stereocenters. The van der Waals surface area contributed by atoms with Gasteiger partial charge in [-0.05, 0) is 35.7 Å². The van der Waals surface area contributed by atoms with E-state index in [0.29, 0.717) is 16.6 Å². The first-order chi connectivity index (χ1) is 10.0. The Morgan fingerprint density at radius 1 is 1.19 bits per heavy atom. The molecule has 0 bridgehead atoms. The van der Waals surface area contributed by atoms with Crippen LogP contribution in [0.25, 0.3) is 0 Å². The molecule has 1 aromatic heterocycles. The van der Waals surface area contributed by atoms with Gasteiger partial charge in [-0.25, -0.2) is 9.78 Å². The lowest BCUT2D eigenvalue weighted by Gasteiger charge is -2.08. The number of nitrogen functional groups attached to an aromatic ring is 1. The van der Waals surface area contributed by atoms with Gasteiger partial charge in [-0.3, -0.25) is 0 Å². The van der Waals surface area contributed by atoms with Crippen LogP contribution in [0.3, 0.4) is 0 Å². The van der Waals surface area contributed by atoms with Crippen molar-refractivity contribution in [2.75, 3.05) is 12.8 Å². The van der Waals surface area contributed by atoms with Gasteiger partial charge in [0.05, 0.1) is 12.8 Å². The molecule has 0 atom stereocenters. The third-order valence-electron chi connectivity index (χ3n) is 3.05. The lowest BCUT2D eigenvalue weighted by Crippen LogP contribution is -2.05. The summed E-state index contributed by atoms with van der Waals surface area (Å²) in [5, 5.41) is 0.607. The molecule has 1 heterocycles. The second-order valence-electron chi connectivity index (χ2n) is 4.91. The van der Waals surface area contributed by atoms with Crippen molar-refractivity contribution in [3.8, 4) is 0 Å². The van der Waals surface area contributed by atoms with Crippen molar-refractivity contribution in [3.05, 3.63) is 47.7 Å². The molecule has 4 nitrogen and oxygen atoms in total. The van der Waals surface area contributed by atoms with Crippen molar-refractivity contribution in [1.29, 1.82) is 0 Å². The van der Waals surface area contributed by atoms with E-state index in [-0.39, 0.29) is 5.69 Å². The van der Waals surface area contributed by atoms with Crippen LogP contribution in [0.15, 0.2) is 46.3 Å². The Hall–Kier alpha value is -2.01. The van der Waals surface area contributed by atoms with Crippen LogP contribution in [0.5, 0.6) is 0 Å². The average molecular weight is 302 g/mol. The molecule has 5 heteroatoms. The molecule has 0 spiro atoms. The largest absolute Gasteiger partial charge is 0.464 e. The molecule has 1 aromatic carbocycles. The maximum Gasteiger partial charge on any atom is 0.356 e. The summed E-state index contributed by atoms with van der Waals surface area (Å²) in [6.45, 7) is 4.31. The molecule has 0 fully saturated rings. The van der Waals surface area contributed by atoms with Gasteiger partial charge in [0.2, 0.25) is 0 Å². The topological polar surface area (TPSA) is 65.2 Å². The summed E-state index contributed by atoms with van der Waals surface area (Å²) in [5.41, 5.74) is 8.00. The first-order valence-corrected chi connectivity index (χ1v) is 7.45. The first kappa shape index (κ1) is 15.4. The maximum absolute atomic E-state index is 11.5. The van der Waals surface area contributed by atoms with Gasteiger partial charge in [-0.15, -0.1) is 0 Å². The van der Waals surface area contributed by atoms with E-state index in [9.17, 15) is 4.79 Å². The number of methoxy groups -OCH3 is 1.